The van der Waals surface area contributed by atoms with Gasteiger partial charge in [-0.05, 0) is 25.7 Å². The highest BCUT2D eigenvalue weighted by atomic mass is 16.6. The van der Waals surface area contributed by atoms with Gasteiger partial charge in [-0.25, -0.2) is 4.99 Å². The van der Waals surface area contributed by atoms with E-state index in [1.807, 2.05) is 0 Å². The summed E-state index contributed by atoms with van der Waals surface area (Å²) in [7, 11) is 0. The minimum absolute atomic E-state index is 0.0747. The first kappa shape index (κ1) is 16.3. The van der Waals surface area contributed by atoms with Crippen molar-refractivity contribution in [1.29, 1.82) is 0 Å². The molecule has 2 fully saturated rings. The van der Waals surface area contributed by atoms with Crippen LogP contribution in [0.1, 0.15) is 57.8 Å². The fraction of sp³-hybridized carbons (Fsp3) is 0.667. The minimum atomic E-state index is -0.740. The molecule has 7 heteroatoms. The first-order valence-corrected chi connectivity index (χ1v) is 9.39. The molecule has 1 saturated heterocycles. The van der Waals surface area contributed by atoms with Crippen molar-refractivity contribution in [2.24, 2.45) is 4.99 Å². The van der Waals surface area contributed by atoms with E-state index in [0.29, 0.717) is 16.4 Å². The summed E-state index contributed by atoms with van der Waals surface area (Å²) in [5.41, 5.74) is -0.102. The molecular formula is C18H24N4O3. The predicted octanol–water partition coefficient (Wildman–Crippen LogP) is 2.26. The fourth-order valence-corrected chi connectivity index (χ4v) is 4.50. The van der Waals surface area contributed by atoms with Crippen LogP contribution in [0.4, 0.5) is 11.4 Å². The number of fused-ring (bicyclic) bond motifs is 1. The average molecular weight is 344 g/mol. The molecule has 1 aromatic carbocycles. The summed E-state index contributed by atoms with van der Waals surface area (Å²) < 4.78 is 1.03. The van der Waals surface area contributed by atoms with Gasteiger partial charge < -0.3 is 10.1 Å². The topological polar surface area (TPSA) is 84.8 Å². The molecule has 2 heterocycles. The quantitative estimate of drug-likeness (QED) is 0.356. The van der Waals surface area contributed by atoms with Gasteiger partial charge in [-0.1, -0.05) is 19.3 Å². The Hall–Kier alpha value is -2.18. The number of hydrogen-bond donors (Lipinski definition) is 0. The maximum atomic E-state index is 13.0. The van der Waals surface area contributed by atoms with Gasteiger partial charge in [-0.2, -0.15) is 4.74 Å². The van der Waals surface area contributed by atoms with Gasteiger partial charge in [-0.3, -0.25) is 10.1 Å². The van der Waals surface area contributed by atoms with E-state index < -0.39 is 5.66 Å². The Balaban J connectivity index is 1.92. The van der Waals surface area contributed by atoms with Crippen LogP contribution in [0.15, 0.2) is 17.1 Å². The van der Waals surface area contributed by atoms with E-state index in [2.05, 4.69) is 4.90 Å². The van der Waals surface area contributed by atoms with E-state index in [-0.39, 0.29) is 10.6 Å². The molecule has 0 bridgehead atoms. The number of hydroxylamine groups is 1. The number of nitro groups is 1. The lowest BCUT2D eigenvalue weighted by atomic mass is 9.90. The number of rotatable bonds is 2. The summed E-state index contributed by atoms with van der Waals surface area (Å²) in [6, 6.07) is 3.08. The number of hydrogen-bond acceptors (Lipinski definition) is 5. The normalized spacial score (nSPS) is 22.4. The Morgan fingerprint density at radius 3 is 2.32 bits per heavy atom. The fourth-order valence-electron chi connectivity index (χ4n) is 4.50. The van der Waals surface area contributed by atoms with Crippen molar-refractivity contribution in [1.82, 2.24) is 4.74 Å². The molecule has 1 aromatic rings. The smallest absolute Gasteiger partial charge is 0.295 e. The standard InChI is InChI=1S/C18H24N4O3/c23-21-14-8-9-15(22(24)25)17(20-12-6-1-2-7-13-20)16(14)19-18(21)10-4-3-5-11-18/h8-9H,1-7,10-13H2. The second-order valence-corrected chi connectivity index (χ2v) is 7.41. The summed E-state index contributed by atoms with van der Waals surface area (Å²) in [6.07, 6.45) is 8.90. The van der Waals surface area contributed by atoms with Crippen molar-refractivity contribution in [3.05, 3.63) is 38.2 Å². The molecule has 1 spiro atoms. The van der Waals surface area contributed by atoms with Gasteiger partial charge in [0, 0.05) is 38.1 Å². The van der Waals surface area contributed by atoms with Gasteiger partial charge in [0.25, 0.3) is 11.4 Å². The first-order chi connectivity index (χ1) is 12.1. The zero-order valence-corrected chi connectivity index (χ0v) is 14.4. The van der Waals surface area contributed by atoms with Gasteiger partial charge >= 0.3 is 0 Å². The Morgan fingerprint density at radius 2 is 1.68 bits per heavy atom. The van der Waals surface area contributed by atoms with Crippen LogP contribution in [0.3, 0.4) is 0 Å². The maximum absolute atomic E-state index is 13.0. The highest BCUT2D eigenvalue weighted by Gasteiger charge is 2.44. The lowest BCUT2D eigenvalue weighted by Gasteiger charge is -2.28. The third-order valence-electron chi connectivity index (χ3n) is 5.80. The first-order valence-electron chi connectivity index (χ1n) is 9.39. The van der Waals surface area contributed by atoms with E-state index in [0.717, 1.165) is 75.6 Å². The van der Waals surface area contributed by atoms with E-state index in [4.69, 9.17) is 4.99 Å². The maximum Gasteiger partial charge on any atom is 0.295 e. The van der Waals surface area contributed by atoms with Crippen LogP contribution in [-0.2, 0) is 0 Å². The summed E-state index contributed by atoms with van der Waals surface area (Å²) >= 11 is 0. The molecule has 3 aliphatic rings. The van der Waals surface area contributed by atoms with E-state index in [1.165, 1.54) is 6.07 Å². The van der Waals surface area contributed by atoms with E-state index in [9.17, 15) is 15.3 Å². The second kappa shape index (κ2) is 6.28. The van der Waals surface area contributed by atoms with Crippen molar-refractivity contribution in [2.45, 2.75) is 63.5 Å². The Bertz CT molecular complexity index is 806. The van der Waals surface area contributed by atoms with Crippen LogP contribution < -0.4 is 20.4 Å². The molecule has 25 heavy (non-hydrogen) atoms. The lowest BCUT2D eigenvalue weighted by Crippen LogP contribution is -2.44. The summed E-state index contributed by atoms with van der Waals surface area (Å²) in [6.45, 7) is 1.58. The number of benzene rings is 1. The van der Waals surface area contributed by atoms with Gasteiger partial charge in [0.15, 0.2) is 5.36 Å². The predicted molar refractivity (Wildman–Crippen MR) is 95.0 cm³/mol. The van der Waals surface area contributed by atoms with Gasteiger partial charge in [-0.15, -0.1) is 0 Å². The highest BCUT2D eigenvalue weighted by Crippen LogP contribution is 2.33. The lowest BCUT2D eigenvalue weighted by molar-refractivity contribution is -0.384. The molecule has 0 radical (unpaired) electrons. The number of nitro benzene ring substituents is 1. The summed E-state index contributed by atoms with van der Waals surface area (Å²) in [5.74, 6) is 0. The van der Waals surface area contributed by atoms with Crippen molar-refractivity contribution in [3.8, 4) is 0 Å². The number of nitrogens with zero attached hydrogens (tertiary/aromatic N) is 4. The van der Waals surface area contributed by atoms with E-state index in [1.54, 1.807) is 6.07 Å². The highest BCUT2D eigenvalue weighted by molar-refractivity contribution is 5.63. The molecule has 0 atom stereocenters. The largest absolute Gasteiger partial charge is 0.622 e. The monoisotopic (exact) mass is 344 g/mol. The Kier molecular flexibility index (Phi) is 4.09. The van der Waals surface area contributed by atoms with Gasteiger partial charge in [0.05, 0.1) is 4.92 Å². The van der Waals surface area contributed by atoms with Crippen molar-refractivity contribution in [2.75, 3.05) is 18.0 Å². The molecular weight excluding hydrogens is 320 g/mol. The molecule has 0 aromatic heterocycles. The molecule has 0 amide bonds. The molecule has 1 saturated carbocycles. The third-order valence-corrected chi connectivity index (χ3v) is 5.80. The zero-order chi connectivity index (χ0) is 17.4. The van der Waals surface area contributed by atoms with Gasteiger partial charge in [0.2, 0.25) is 5.36 Å². The van der Waals surface area contributed by atoms with E-state index >= 15 is 0 Å². The van der Waals surface area contributed by atoms with Crippen molar-refractivity contribution < 1.29 is 4.92 Å². The minimum Gasteiger partial charge on any atom is -0.622 e. The Morgan fingerprint density at radius 1 is 1.04 bits per heavy atom. The van der Waals surface area contributed by atoms with Crippen LogP contribution in [0.2, 0.25) is 0 Å². The molecule has 4 rings (SSSR count). The third kappa shape index (κ3) is 2.65. The summed E-state index contributed by atoms with van der Waals surface area (Å²) in [4.78, 5) is 18.2. The van der Waals surface area contributed by atoms with Crippen LogP contribution in [-0.4, -0.2) is 23.7 Å². The number of anilines is 1. The second-order valence-electron chi connectivity index (χ2n) is 7.41. The summed E-state index contributed by atoms with van der Waals surface area (Å²) in [5, 5.41) is 25.7. The van der Waals surface area contributed by atoms with Gasteiger partial charge in [0.1, 0.15) is 5.69 Å². The molecule has 2 aliphatic heterocycles. The molecule has 134 valence electrons. The van der Waals surface area contributed by atoms with Crippen LogP contribution in [0.5, 0.6) is 0 Å². The zero-order valence-electron chi connectivity index (χ0n) is 14.4. The molecule has 1 aliphatic carbocycles. The molecule has 7 nitrogen and oxygen atoms in total. The average Bonchev–Trinajstić information content (AvgIpc) is 2.80. The molecule has 0 N–H and O–H groups in total. The van der Waals surface area contributed by atoms with Crippen molar-refractivity contribution in [3.63, 3.8) is 0 Å². The SMILES string of the molecule is O=[N+]([O-])c1ccc2c(c1N1CCCCCC1)=NC1(CCCCC1)[N+]=2[O-]. The molecule has 0 unspecified atom stereocenters. The van der Waals surface area contributed by atoms with Crippen LogP contribution in [0, 0.1) is 15.3 Å². The van der Waals surface area contributed by atoms with Crippen LogP contribution >= 0.6 is 0 Å². The van der Waals surface area contributed by atoms with Crippen LogP contribution in [0.25, 0.3) is 0 Å². The van der Waals surface area contributed by atoms with Crippen molar-refractivity contribution >= 4 is 11.4 Å². The Labute approximate surface area is 146 Å².